The highest BCUT2D eigenvalue weighted by atomic mass is 14.4. The van der Waals surface area contributed by atoms with Gasteiger partial charge in [-0.2, -0.15) is 0 Å². The molecule has 3 fully saturated rings. The summed E-state index contributed by atoms with van der Waals surface area (Å²) >= 11 is 0. The number of hydrogen-bond donors (Lipinski definition) is 0. The first kappa shape index (κ1) is 16.2. The van der Waals surface area contributed by atoms with Gasteiger partial charge in [-0.3, -0.25) is 0 Å². The minimum Gasteiger partial charge on any atom is -0.0882 e. The summed E-state index contributed by atoms with van der Waals surface area (Å²) < 4.78 is 0. The SMILES string of the molecule is C1=CC(C2CC3C=CC2C3)CC1.C1=CC2CC1CC2=C1CCCCC1. The van der Waals surface area contributed by atoms with Gasteiger partial charge in [-0.15, -0.1) is 0 Å². The third-order valence-corrected chi connectivity index (χ3v) is 7.94. The van der Waals surface area contributed by atoms with Crippen LogP contribution in [0.4, 0.5) is 0 Å². The van der Waals surface area contributed by atoms with Crippen LogP contribution in [0.25, 0.3) is 0 Å². The van der Waals surface area contributed by atoms with E-state index in [-0.39, 0.29) is 0 Å². The van der Waals surface area contributed by atoms with Gasteiger partial charge in [-0.1, -0.05) is 54.0 Å². The van der Waals surface area contributed by atoms with Crippen LogP contribution in [0, 0.1) is 35.5 Å². The quantitative estimate of drug-likeness (QED) is 0.452. The normalized spacial score (nSPS) is 43.2. The van der Waals surface area contributed by atoms with Crippen molar-refractivity contribution in [3.8, 4) is 0 Å². The summed E-state index contributed by atoms with van der Waals surface area (Å²) in [5.41, 5.74) is 3.70. The van der Waals surface area contributed by atoms with E-state index >= 15 is 0 Å². The van der Waals surface area contributed by atoms with Gasteiger partial charge < -0.3 is 0 Å². The Kier molecular flexibility index (Phi) is 4.48. The molecule has 6 unspecified atom stereocenters. The maximum absolute atomic E-state index is 2.48. The fourth-order valence-electron chi connectivity index (χ4n) is 6.65. The monoisotopic (exact) mass is 334 g/mol. The topological polar surface area (TPSA) is 0 Å². The van der Waals surface area contributed by atoms with Gasteiger partial charge in [-0.25, -0.2) is 0 Å². The van der Waals surface area contributed by atoms with Gasteiger partial charge in [-0.05, 0) is 99.7 Å². The molecule has 0 heteroatoms. The zero-order valence-electron chi connectivity index (χ0n) is 15.7. The summed E-state index contributed by atoms with van der Waals surface area (Å²) in [7, 11) is 0. The summed E-state index contributed by atoms with van der Waals surface area (Å²) in [6.07, 6.45) is 30.5. The van der Waals surface area contributed by atoms with E-state index in [1.54, 1.807) is 0 Å². The zero-order valence-corrected chi connectivity index (χ0v) is 15.7. The van der Waals surface area contributed by atoms with Crippen LogP contribution in [0.5, 0.6) is 0 Å². The van der Waals surface area contributed by atoms with Crippen molar-refractivity contribution in [3.05, 3.63) is 47.6 Å². The number of hydrogen-bond acceptors (Lipinski definition) is 0. The highest BCUT2D eigenvalue weighted by Gasteiger charge is 2.39. The first-order chi connectivity index (χ1) is 12.4. The molecule has 134 valence electrons. The average Bonchev–Trinajstić information content (AvgIpc) is 3.49. The second kappa shape index (κ2) is 6.93. The number of rotatable bonds is 1. The molecule has 0 aromatic heterocycles. The van der Waals surface area contributed by atoms with Crippen LogP contribution >= 0.6 is 0 Å². The largest absolute Gasteiger partial charge is 0.0882 e. The number of fused-ring (bicyclic) bond motifs is 4. The van der Waals surface area contributed by atoms with E-state index in [9.17, 15) is 0 Å². The Morgan fingerprint density at radius 3 is 2.20 bits per heavy atom. The van der Waals surface area contributed by atoms with Crippen molar-refractivity contribution < 1.29 is 0 Å². The molecule has 4 bridgehead atoms. The van der Waals surface area contributed by atoms with E-state index in [0.717, 1.165) is 35.5 Å². The Bertz CT molecular complexity index is 608. The molecule has 0 saturated heterocycles. The molecule has 3 saturated carbocycles. The van der Waals surface area contributed by atoms with E-state index in [1.807, 2.05) is 11.1 Å². The van der Waals surface area contributed by atoms with Gasteiger partial charge >= 0.3 is 0 Å². The standard InChI is InChI=1S/C13H18.C12H16/c1-2-4-11(5-3-1)13-9-10-6-7-12(13)8-10;1-2-4-10(3-1)12-8-9-5-6-11(12)7-9/h6-7,10,12H,1-5,8-9H2;1,3,5-6,9-12H,2,4,7-8H2. The number of allylic oxidation sites excluding steroid dienone is 8. The van der Waals surface area contributed by atoms with Crippen molar-refractivity contribution in [2.45, 2.75) is 70.6 Å². The molecular formula is C25H34. The van der Waals surface area contributed by atoms with Crippen LogP contribution in [0.3, 0.4) is 0 Å². The van der Waals surface area contributed by atoms with E-state index in [4.69, 9.17) is 0 Å². The van der Waals surface area contributed by atoms with Crippen molar-refractivity contribution in [2.24, 2.45) is 35.5 Å². The Balaban J connectivity index is 0.000000112. The summed E-state index contributed by atoms with van der Waals surface area (Å²) in [5.74, 6) is 5.65. The molecule has 0 spiro atoms. The lowest BCUT2D eigenvalue weighted by Crippen LogP contribution is -2.15. The van der Waals surface area contributed by atoms with Gasteiger partial charge in [0.25, 0.3) is 0 Å². The Morgan fingerprint density at radius 2 is 1.60 bits per heavy atom. The molecule has 0 radical (unpaired) electrons. The second-order valence-corrected chi connectivity index (χ2v) is 9.49. The fraction of sp³-hybridized carbons (Fsp3) is 0.680. The first-order valence-electron chi connectivity index (χ1n) is 11.1. The molecule has 6 aliphatic carbocycles. The highest BCUT2D eigenvalue weighted by Crippen LogP contribution is 2.49. The summed E-state index contributed by atoms with van der Waals surface area (Å²) in [6, 6.07) is 0. The van der Waals surface area contributed by atoms with Crippen molar-refractivity contribution >= 4 is 0 Å². The fourth-order valence-corrected chi connectivity index (χ4v) is 6.65. The minimum atomic E-state index is 0.873. The molecule has 0 amide bonds. The Hall–Kier alpha value is -1.04. The smallest absolute Gasteiger partial charge is 0.00146 e. The molecule has 6 aliphatic rings. The highest BCUT2D eigenvalue weighted by molar-refractivity contribution is 5.32. The van der Waals surface area contributed by atoms with Gasteiger partial charge in [0.15, 0.2) is 0 Å². The van der Waals surface area contributed by atoms with E-state index in [2.05, 4.69) is 36.5 Å². The summed E-state index contributed by atoms with van der Waals surface area (Å²) in [4.78, 5) is 0. The molecule has 0 aromatic carbocycles. The van der Waals surface area contributed by atoms with Crippen LogP contribution in [0.15, 0.2) is 47.6 Å². The molecule has 0 heterocycles. The van der Waals surface area contributed by atoms with Crippen LogP contribution in [-0.2, 0) is 0 Å². The van der Waals surface area contributed by atoms with Gasteiger partial charge in [0.05, 0.1) is 0 Å². The van der Waals surface area contributed by atoms with Crippen molar-refractivity contribution in [2.75, 3.05) is 0 Å². The lowest BCUT2D eigenvalue weighted by Gasteiger charge is -2.23. The maximum Gasteiger partial charge on any atom is -0.00146 e. The van der Waals surface area contributed by atoms with Crippen molar-refractivity contribution in [3.63, 3.8) is 0 Å². The van der Waals surface area contributed by atoms with Gasteiger partial charge in [0.2, 0.25) is 0 Å². The maximum atomic E-state index is 2.48. The van der Waals surface area contributed by atoms with Crippen LogP contribution < -0.4 is 0 Å². The van der Waals surface area contributed by atoms with Crippen LogP contribution in [0.2, 0.25) is 0 Å². The lowest BCUT2D eigenvalue weighted by atomic mass is 9.82. The molecule has 0 aromatic rings. The predicted molar refractivity (Wildman–Crippen MR) is 106 cm³/mol. The molecule has 25 heavy (non-hydrogen) atoms. The minimum absolute atomic E-state index is 0.873. The molecular weight excluding hydrogens is 300 g/mol. The molecule has 6 rings (SSSR count). The average molecular weight is 335 g/mol. The predicted octanol–water partition coefficient (Wildman–Crippen LogP) is 7.01. The Labute approximate surface area is 154 Å². The third kappa shape index (κ3) is 3.22. The molecule has 0 N–H and O–H groups in total. The van der Waals surface area contributed by atoms with Crippen molar-refractivity contribution in [1.29, 1.82) is 0 Å². The van der Waals surface area contributed by atoms with Crippen LogP contribution in [-0.4, -0.2) is 0 Å². The van der Waals surface area contributed by atoms with Gasteiger partial charge in [0, 0.05) is 0 Å². The Morgan fingerprint density at radius 1 is 0.720 bits per heavy atom. The first-order valence-corrected chi connectivity index (χ1v) is 11.1. The molecule has 6 atom stereocenters. The van der Waals surface area contributed by atoms with E-state index in [0.29, 0.717) is 0 Å². The molecule has 0 nitrogen and oxygen atoms in total. The third-order valence-electron chi connectivity index (χ3n) is 7.94. The lowest BCUT2D eigenvalue weighted by molar-refractivity contribution is 0.336. The van der Waals surface area contributed by atoms with Crippen molar-refractivity contribution in [1.82, 2.24) is 0 Å². The van der Waals surface area contributed by atoms with E-state index in [1.165, 1.54) is 70.6 Å². The second-order valence-electron chi connectivity index (χ2n) is 9.49. The zero-order chi connectivity index (χ0) is 16.6. The summed E-state index contributed by atoms with van der Waals surface area (Å²) in [6.45, 7) is 0. The van der Waals surface area contributed by atoms with Crippen LogP contribution in [0.1, 0.15) is 70.6 Å². The summed E-state index contributed by atoms with van der Waals surface area (Å²) in [5, 5.41) is 0. The molecule has 0 aliphatic heterocycles. The van der Waals surface area contributed by atoms with E-state index < -0.39 is 0 Å². The van der Waals surface area contributed by atoms with Gasteiger partial charge in [0.1, 0.15) is 0 Å².